The first-order valence-corrected chi connectivity index (χ1v) is 8.67. The van der Waals surface area contributed by atoms with Gasteiger partial charge in [0.05, 0.1) is 0 Å². The molecule has 0 spiro atoms. The third-order valence-electron chi connectivity index (χ3n) is 3.77. The normalized spacial score (nSPS) is 15.4. The molecule has 3 heterocycles. The van der Waals surface area contributed by atoms with Gasteiger partial charge in [-0.3, -0.25) is 4.79 Å². The summed E-state index contributed by atoms with van der Waals surface area (Å²) in [5.74, 6) is 0.808. The molecular formula is C15H18N6OS. The zero-order chi connectivity index (χ0) is 16.1. The first kappa shape index (κ1) is 15.7. The van der Waals surface area contributed by atoms with Crippen molar-refractivity contribution in [2.45, 2.75) is 24.0 Å². The van der Waals surface area contributed by atoms with Crippen LogP contribution in [0.1, 0.15) is 23.3 Å². The molecule has 3 rings (SSSR count). The summed E-state index contributed by atoms with van der Waals surface area (Å²) in [5.41, 5.74) is 0.405. The summed E-state index contributed by atoms with van der Waals surface area (Å²) in [6, 6.07) is 3.71. The fraction of sp³-hybridized carbons (Fsp3) is 0.400. The van der Waals surface area contributed by atoms with E-state index in [1.54, 1.807) is 18.5 Å². The van der Waals surface area contributed by atoms with Gasteiger partial charge in [0.25, 0.3) is 5.91 Å². The third-order valence-corrected chi connectivity index (χ3v) is 4.33. The van der Waals surface area contributed by atoms with Crippen molar-refractivity contribution >= 4 is 23.5 Å². The van der Waals surface area contributed by atoms with Crippen LogP contribution in [0.4, 0.5) is 5.82 Å². The standard InChI is InChI=1S/C15H18N6OS/c1-23-15-17-7-3-13(20-15)21-8-4-11(5-9-21)19-14(22)12-2-6-16-10-18-12/h2-3,6-7,10-11H,4-5,8-9H2,1H3,(H,19,22). The van der Waals surface area contributed by atoms with E-state index in [1.807, 2.05) is 12.3 Å². The summed E-state index contributed by atoms with van der Waals surface area (Å²) in [4.78, 5) is 30.9. The Bertz CT molecular complexity index is 660. The summed E-state index contributed by atoms with van der Waals surface area (Å²) in [5, 5.41) is 3.82. The predicted octanol–water partition coefficient (Wildman–Crippen LogP) is 1.39. The van der Waals surface area contributed by atoms with Gasteiger partial charge in [0, 0.05) is 31.5 Å². The van der Waals surface area contributed by atoms with E-state index in [2.05, 4.69) is 30.2 Å². The van der Waals surface area contributed by atoms with Gasteiger partial charge in [-0.15, -0.1) is 0 Å². The molecule has 120 valence electrons. The van der Waals surface area contributed by atoms with Crippen molar-refractivity contribution in [2.75, 3.05) is 24.2 Å². The molecule has 0 radical (unpaired) electrons. The van der Waals surface area contributed by atoms with Gasteiger partial charge in [-0.25, -0.2) is 19.9 Å². The average molecular weight is 330 g/mol. The number of piperidine rings is 1. The lowest BCUT2D eigenvalue weighted by molar-refractivity contribution is 0.0926. The van der Waals surface area contributed by atoms with Gasteiger partial charge in [-0.1, -0.05) is 11.8 Å². The maximum Gasteiger partial charge on any atom is 0.270 e. The molecule has 23 heavy (non-hydrogen) atoms. The van der Waals surface area contributed by atoms with Crippen LogP contribution >= 0.6 is 11.8 Å². The van der Waals surface area contributed by atoms with Gasteiger partial charge >= 0.3 is 0 Å². The number of carbonyl (C=O) groups excluding carboxylic acids is 1. The lowest BCUT2D eigenvalue weighted by atomic mass is 10.0. The highest BCUT2D eigenvalue weighted by Crippen LogP contribution is 2.19. The minimum atomic E-state index is -0.141. The summed E-state index contributed by atoms with van der Waals surface area (Å²) in [6.07, 6.45) is 8.48. The Labute approximate surface area is 139 Å². The van der Waals surface area contributed by atoms with Crippen LogP contribution in [0.25, 0.3) is 0 Å². The summed E-state index contributed by atoms with van der Waals surface area (Å²) >= 11 is 1.54. The van der Waals surface area contributed by atoms with Gasteiger partial charge < -0.3 is 10.2 Å². The minimum absolute atomic E-state index is 0.141. The molecular weight excluding hydrogens is 312 g/mol. The van der Waals surface area contributed by atoms with Crippen LogP contribution in [-0.2, 0) is 0 Å². The van der Waals surface area contributed by atoms with E-state index < -0.39 is 0 Å². The maximum atomic E-state index is 12.1. The van der Waals surface area contributed by atoms with Gasteiger partial charge in [-0.05, 0) is 31.2 Å². The Balaban J connectivity index is 1.55. The molecule has 0 aliphatic carbocycles. The Morgan fingerprint density at radius 1 is 1.26 bits per heavy atom. The number of carbonyl (C=O) groups is 1. The third kappa shape index (κ3) is 3.95. The molecule has 0 unspecified atom stereocenters. The lowest BCUT2D eigenvalue weighted by Crippen LogP contribution is -2.45. The average Bonchev–Trinajstić information content (AvgIpc) is 2.63. The van der Waals surface area contributed by atoms with Crippen LogP contribution in [0.5, 0.6) is 0 Å². The second-order valence-corrected chi connectivity index (χ2v) is 6.00. The smallest absolute Gasteiger partial charge is 0.270 e. The van der Waals surface area contributed by atoms with Crippen LogP contribution in [-0.4, -0.2) is 51.2 Å². The zero-order valence-electron chi connectivity index (χ0n) is 12.8. The second kappa shape index (κ2) is 7.36. The number of nitrogens with one attached hydrogen (secondary N) is 1. The lowest BCUT2D eigenvalue weighted by Gasteiger charge is -2.33. The van der Waals surface area contributed by atoms with Crippen LogP contribution in [0.2, 0.25) is 0 Å². The Morgan fingerprint density at radius 2 is 2.09 bits per heavy atom. The molecule has 0 bridgehead atoms. The van der Waals surface area contributed by atoms with E-state index in [4.69, 9.17) is 0 Å². The van der Waals surface area contributed by atoms with Crippen LogP contribution in [0.3, 0.4) is 0 Å². The van der Waals surface area contributed by atoms with Crippen molar-refractivity contribution in [3.63, 3.8) is 0 Å². The molecule has 1 aliphatic heterocycles. The number of thioether (sulfide) groups is 1. The molecule has 8 heteroatoms. The van der Waals surface area contributed by atoms with Crippen LogP contribution in [0, 0.1) is 0 Å². The van der Waals surface area contributed by atoms with Gasteiger partial charge in [0.15, 0.2) is 5.16 Å². The molecule has 0 saturated carbocycles. The van der Waals surface area contributed by atoms with Gasteiger partial charge in [0.2, 0.25) is 0 Å². The van der Waals surface area contributed by atoms with Crippen molar-refractivity contribution in [3.8, 4) is 0 Å². The van der Waals surface area contributed by atoms with Crippen molar-refractivity contribution in [1.82, 2.24) is 25.3 Å². The van der Waals surface area contributed by atoms with Crippen LogP contribution in [0.15, 0.2) is 36.0 Å². The first-order chi connectivity index (χ1) is 11.3. The number of aromatic nitrogens is 4. The number of hydrogen-bond donors (Lipinski definition) is 1. The maximum absolute atomic E-state index is 12.1. The Morgan fingerprint density at radius 3 is 2.78 bits per heavy atom. The van der Waals surface area contributed by atoms with Gasteiger partial charge in [-0.2, -0.15) is 0 Å². The fourth-order valence-corrected chi connectivity index (χ4v) is 2.89. The van der Waals surface area contributed by atoms with E-state index in [0.29, 0.717) is 5.69 Å². The summed E-state index contributed by atoms with van der Waals surface area (Å²) in [7, 11) is 0. The van der Waals surface area contributed by atoms with Crippen molar-refractivity contribution in [2.24, 2.45) is 0 Å². The monoisotopic (exact) mass is 330 g/mol. The molecule has 2 aromatic heterocycles. The predicted molar refractivity (Wildman–Crippen MR) is 88.5 cm³/mol. The quantitative estimate of drug-likeness (QED) is 0.670. The van der Waals surface area contributed by atoms with Crippen molar-refractivity contribution in [1.29, 1.82) is 0 Å². The van der Waals surface area contributed by atoms with E-state index in [-0.39, 0.29) is 11.9 Å². The van der Waals surface area contributed by atoms with Crippen molar-refractivity contribution in [3.05, 3.63) is 36.5 Å². The molecule has 0 atom stereocenters. The number of amides is 1. The van der Waals surface area contributed by atoms with Crippen LogP contribution < -0.4 is 10.2 Å². The number of anilines is 1. The highest BCUT2D eigenvalue weighted by Gasteiger charge is 2.22. The first-order valence-electron chi connectivity index (χ1n) is 7.45. The number of hydrogen-bond acceptors (Lipinski definition) is 7. The molecule has 2 aromatic rings. The number of nitrogens with zero attached hydrogens (tertiary/aromatic N) is 5. The molecule has 1 aliphatic rings. The molecule has 1 fully saturated rings. The van der Waals surface area contributed by atoms with E-state index in [9.17, 15) is 4.79 Å². The Kier molecular flexibility index (Phi) is 5.02. The fourth-order valence-electron chi connectivity index (χ4n) is 2.54. The summed E-state index contributed by atoms with van der Waals surface area (Å²) < 4.78 is 0. The molecule has 1 N–H and O–H groups in total. The molecule has 1 amide bonds. The highest BCUT2D eigenvalue weighted by molar-refractivity contribution is 7.98. The Hall–Kier alpha value is -2.22. The molecule has 0 aromatic carbocycles. The van der Waals surface area contributed by atoms with Crippen molar-refractivity contribution < 1.29 is 4.79 Å². The minimum Gasteiger partial charge on any atom is -0.356 e. The SMILES string of the molecule is CSc1nccc(N2CCC(NC(=O)c3ccncn3)CC2)n1. The zero-order valence-corrected chi connectivity index (χ0v) is 13.7. The molecule has 7 nitrogen and oxygen atoms in total. The van der Waals surface area contributed by atoms with E-state index in [1.165, 1.54) is 18.1 Å². The van der Waals surface area contributed by atoms with E-state index >= 15 is 0 Å². The van der Waals surface area contributed by atoms with Gasteiger partial charge in [0.1, 0.15) is 17.8 Å². The van der Waals surface area contributed by atoms with E-state index in [0.717, 1.165) is 36.9 Å². The highest BCUT2D eigenvalue weighted by atomic mass is 32.2. The second-order valence-electron chi connectivity index (χ2n) is 5.23. The topological polar surface area (TPSA) is 83.9 Å². The summed E-state index contributed by atoms with van der Waals surface area (Å²) in [6.45, 7) is 1.72. The largest absolute Gasteiger partial charge is 0.356 e. The number of rotatable bonds is 4. The molecule has 1 saturated heterocycles.